The number of carbonyl (C=O) groups is 2. The summed E-state index contributed by atoms with van der Waals surface area (Å²) in [7, 11) is 0. The monoisotopic (exact) mass is 396 g/mol. The molecule has 2 rings (SSSR count). The Hall–Kier alpha value is -2.82. The molecular weight excluding hydrogens is 364 g/mol. The number of hydrogen-bond donors (Lipinski definition) is 1. The minimum Gasteiger partial charge on any atom is -0.484 e. The Morgan fingerprint density at radius 2 is 1.66 bits per heavy atom. The molecule has 156 valence electrons. The van der Waals surface area contributed by atoms with E-state index in [0.29, 0.717) is 12.3 Å². The van der Waals surface area contributed by atoms with Crippen molar-refractivity contribution in [3.05, 3.63) is 65.2 Å². The summed E-state index contributed by atoms with van der Waals surface area (Å²) in [6, 6.07) is 14.8. The summed E-state index contributed by atoms with van der Waals surface area (Å²) < 4.78 is 5.68. The highest BCUT2D eigenvalue weighted by atomic mass is 16.5. The van der Waals surface area contributed by atoms with Gasteiger partial charge in [-0.05, 0) is 64.8 Å². The van der Waals surface area contributed by atoms with Gasteiger partial charge in [-0.25, -0.2) is 0 Å². The molecule has 0 saturated heterocycles. The molecule has 0 aliphatic rings. The van der Waals surface area contributed by atoms with E-state index in [0.717, 1.165) is 16.7 Å². The molecule has 0 aliphatic heterocycles. The number of nitrogens with one attached hydrogen (secondary N) is 1. The Bertz CT molecular complexity index is 838. The zero-order chi connectivity index (χ0) is 21.6. The predicted octanol–water partition coefficient (Wildman–Crippen LogP) is 4.01. The van der Waals surface area contributed by atoms with E-state index in [2.05, 4.69) is 5.32 Å². The van der Waals surface area contributed by atoms with E-state index in [-0.39, 0.29) is 24.0 Å². The van der Waals surface area contributed by atoms with E-state index >= 15 is 0 Å². The van der Waals surface area contributed by atoms with Gasteiger partial charge in [0.25, 0.3) is 5.91 Å². The van der Waals surface area contributed by atoms with Crippen molar-refractivity contribution in [2.75, 3.05) is 6.61 Å². The van der Waals surface area contributed by atoms with Gasteiger partial charge in [0.1, 0.15) is 11.8 Å². The fraction of sp³-hybridized carbons (Fsp3) is 0.417. The molecule has 0 bridgehead atoms. The van der Waals surface area contributed by atoms with E-state index in [1.165, 1.54) is 0 Å². The van der Waals surface area contributed by atoms with Gasteiger partial charge in [-0.15, -0.1) is 0 Å². The maximum Gasteiger partial charge on any atom is 0.261 e. The van der Waals surface area contributed by atoms with Gasteiger partial charge >= 0.3 is 0 Å². The second-order valence-electron chi connectivity index (χ2n) is 8.47. The van der Waals surface area contributed by atoms with E-state index in [9.17, 15) is 9.59 Å². The molecule has 1 N–H and O–H groups in total. The van der Waals surface area contributed by atoms with Crippen molar-refractivity contribution >= 4 is 11.8 Å². The third kappa shape index (κ3) is 6.93. The van der Waals surface area contributed by atoms with Crippen molar-refractivity contribution in [2.45, 2.75) is 59.7 Å². The van der Waals surface area contributed by atoms with Gasteiger partial charge in [-0.3, -0.25) is 9.59 Å². The van der Waals surface area contributed by atoms with Crippen molar-refractivity contribution < 1.29 is 14.3 Å². The third-order valence-corrected chi connectivity index (χ3v) is 4.65. The molecule has 5 nitrogen and oxygen atoms in total. The van der Waals surface area contributed by atoms with Crippen LogP contribution in [0.5, 0.6) is 5.75 Å². The van der Waals surface area contributed by atoms with Gasteiger partial charge in [0, 0.05) is 12.1 Å². The lowest BCUT2D eigenvalue weighted by molar-refractivity contribution is -0.142. The molecule has 0 fully saturated rings. The van der Waals surface area contributed by atoms with Crippen LogP contribution < -0.4 is 10.1 Å². The number of benzene rings is 2. The lowest BCUT2D eigenvalue weighted by Gasteiger charge is -2.31. The van der Waals surface area contributed by atoms with Crippen molar-refractivity contribution in [3.8, 4) is 5.75 Å². The first-order valence-electron chi connectivity index (χ1n) is 9.92. The summed E-state index contributed by atoms with van der Waals surface area (Å²) in [5.41, 5.74) is 2.83. The van der Waals surface area contributed by atoms with Gasteiger partial charge in [0.15, 0.2) is 6.61 Å². The average molecular weight is 397 g/mol. The highest BCUT2D eigenvalue weighted by Crippen LogP contribution is 2.16. The fourth-order valence-corrected chi connectivity index (χ4v) is 2.89. The van der Waals surface area contributed by atoms with Crippen LogP contribution >= 0.6 is 0 Å². The van der Waals surface area contributed by atoms with Gasteiger partial charge in [0.05, 0.1) is 0 Å². The first-order chi connectivity index (χ1) is 13.6. The number of ether oxygens (including phenoxy) is 1. The molecule has 0 aliphatic carbocycles. The second-order valence-corrected chi connectivity index (χ2v) is 8.47. The highest BCUT2D eigenvalue weighted by molar-refractivity contribution is 5.88. The van der Waals surface area contributed by atoms with E-state index < -0.39 is 6.04 Å². The zero-order valence-electron chi connectivity index (χ0n) is 18.3. The highest BCUT2D eigenvalue weighted by Gasteiger charge is 2.28. The molecule has 0 saturated carbocycles. The maximum atomic E-state index is 13.0. The van der Waals surface area contributed by atoms with Gasteiger partial charge in [-0.2, -0.15) is 0 Å². The van der Waals surface area contributed by atoms with E-state index in [1.807, 2.05) is 83.1 Å². The normalized spacial score (nSPS) is 12.2. The minimum atomic E-state index is -0.622. The number of hydrogen-bond acceptors (Lipinski definition) is 3. The SMILES string of the molecule is Cc1ccc(OCC(=O)N(Cc2ccccc2C)[C@@H](C)C(=O)NC(C)(C)C)cc1. The van der Waals surface area contributed by atoms with Crippen LogP contribution in [0.3, 0.4) is 0 Å². The lowest BCUT2D eigenvalue weighted by Crippen LogP contribution is -2.53. The van der Waals surface area contributed by atoms with Crippen molar-refractivity contribution in [1.29, 1.82) is 0 Å². The number of nitrogens with zero attached hydrogens (tertiary/aromatic N) is 1. The molecule has 0 spiro atoms. The first-order valence-corrected chi connectivity index (χ1v) is 9.92. The molecule has 0 aromatic heterocycles. The third-order valence-electron chi connectivity index (χ3n) is 4.65. The summed E-state index contributed by atoms with van der Waals surface area (Å²) in [6.07, 6.45) is 0. The topological polar surface area (TPSA) is 58.6 Å². The second kappa shape index (κ2) is 9.59. The van der Waals surface area contributed by atoms with Crippen LogP contribution in [-0.4, -0.2) is 34.9 Å². The molecule has 2 aromatic rings. The molecule has 2 aromatic carbocycles. The minimum absolute atomic E-state index is 0.123. The van der Waals surface area contributed by atoms with Gasteiger partial charge in [0.2, 0.25) is 5.91 Å². The average Bonchev–Trinajstić information content (AvgIpc) is 2.65. The summed E-state index contributed by atoms with van der Waals surface area (Å²) in [4.78, 5) is 27.4. The molecule has 2 amide bonds. The first kappa shape index (κ1) is 22.5. The number of rotatable bonds is 7. The molecule has 0 heterocycles. The standard InChI is InChI=1S/C24H32N2O3/c1-17-11-13-21(14-12-17)29-16-22(27)26(15-20-10-8-7-9-18(20)2)19(3)23(28)25-24(4,5)6/h7-14,19H,15-16H2,1-6H3,(H,25,28)/t19-/m0/s1. The Kier molecular flexibility index (Phi) is 7.43. The zero-order valence-corrected chi connectivity index (χ0v) is 18.3. The van der Waals surface area contributed by atoms with Crippen LogP contribution in [0.15, 0.2) is 48.5 Å². The quantitative estimate of drug-likeness (QED) is 0.769. The molecule has 1 atom stereocenters. The fourth-order valence-electron chi connectivity index (χ4n) is 2.89. The van der Waals surface area contributed by atoms with Gasteiger partial charge < -0.3 is 15.0 Å². The summed E-state index contributed by atoms with van der Waals surface area (Å²) in [5.74, 6) is 0.215. The van der Waals surface area contributed by atoms with E-state index in [1.54, 1.807) is 11.8 Å². The van der Waals surface area contributed by atoms with Crippen molar-refractivity contribution in [3.63, 3.8) is 0 Å². The van der Waals surface area contributed by atoms with Crippen LogP contribution in [0.2, 0.25) is 0 Å². The molecular formula is C24H32N2O3. The summed E-state index contributed by atoms with van der Waals surface area (Å²) in [5, 5.41) is 2.96. The Labute approximate surface area is 174 Å². The van der Waals surface area contributed by atoms with Crippen LogP contribution in [0, 0.1) is 13.8 Å². The van der Waals surface area contributed by atoms with Crippen LogP contribution in [-0.2, 0) is 16.1 Å². The summed E-state index contributed by atoms with van der Waals surface area (Å²) >= 11 is 0. The van der Waals surface area contributed by atoms with Crippen molar-refractivity contribution in [2.24, 2.45) is 0 Å². The smallest absolute Gasteiger partial charge is 0.261 e. The largest absolute Gasteiger partial charge is 0.484 e. The molecule has 0 radical (unpaired) electrons. The Balaban J connectivity index is 2.18. The van der Waals surface area contributed by atoms with Crippen LogP contribution in [0.25, 0.3) is 0 Å². The lowest BCUT2D eigenvalue weighted by atomic mass is 10.1. The molecule has 29 heavy (non-hydrogen) atoms. The number of carbonyl (C=O) groups excluding carboxylic acids is 2. The van der Waals surface area contributed by atoms with Crippen molar-refractivity contribution in [1.82, 2.24) is 10.2 Å². The van der Waals surface area contributed by atoms with Crippen LogP contribution in [0.4, 0.5) is 0 Å². The maximum absolute atomic E-state index is 13.0. The Morgan fingerprint density at radius 1 is 1.03 bits per heavy atom. The predicted molar refractivity (Wildman–Crippen MR) is 116 cm³/mol. The molecule has 5 heteroatoms. The van der Waals surface area contributed by atoms with E-state index in [4.69, 9.17) is 4.74 Å². The Morgan fingerprint density at radius 3 is 2.24 bits per heavy atom. The summed E-state index contributed by atoms with van der Waals surface area (Å²) in [6.45, 7) is 11.7. The molecule has 0 unspecified atom stereocenters. The van der Waals surface area contributed by atoms with Gasteiger partial charge in [-0.1, -0.05) is 42.0 Å². The number of aryl methyl sites for hydroxylation is 2. The number of amides is 2. The van der Waals surface area contributed by atoms with Crippen LogP contribution in [0.1, 0.15) is 44.4 Å².